The van der Waals surface area contributed by atoms with Gasteiger partial charge in [-0.1, -0.05) is 18.2 Å². The molecule has 0 bridgehead atoms. The molecular weight excluding hydrogens is 270 g/mol. The van der Waals surface area contributed by atoms with E-state index in [-0.39, 0.29) is 17.7 Å². The van der Waals surface area contributed by atoms with Gasteiger partial charge < -0.3 is 9.47 Å². The molecule has 6 heteroatoms. The Kier molecular flexibility index (Phi) is 5.83. The van der Waals surface area contributed by atoms with Crippen molar-refractivity contribution in [3.8, 4) is 0 Å². The number of halogens is 2. The second kappa shape index (κ2) is 7.37. The van der Waals surface area contributed by atoms with E-state index in [0.29, 0.717) is 0 Å². The van der Waals surface area contributed by atoms with E-state index < -0.39 is 30.0 Å². The van der Waals surface area contributed by atoms with Crippen molar-refractivity contribution in [2.24, 2.45) is 0 Å². The maximum atomic E-state index is 12.8. The van der Waals surface area contributed by atoms with E-state index >= 15 is 0 Å². The van der Waals surface area contributed by atoms with Gasteiger partial charge in [-0.2, -0.15) is 8.78 Å². The van der Waals surface area contributed by atoms with Gasteiger partial charge in [0.1, 0.15) is 5.57 Å². The molecule has 1 aromatic carbocycles. The Labute approximate surface area is 115 Å². The highest BCUT2D eigenvalue weighted by Crippen LogP contribution is 2.19. The second-order valence-electron chi connectivity index (χ2n) is 3.78. The molecule has 0 unspecified atom stereocenters. The standard InChI is InChI=1S/C14H14F2O4/c1-3-20-14(18)11(12(15)16)8-9-6-4-5-7-10(9)13(17)19-2/h4-7H,3,8H2,1-2H3. The number of hydrogen-bond donors (Lipinski definition) is 0. The molecule has 0 saturated carbocycles. The highest BCUT2D eigenvalue weighted by atomic mass is 19.3. The Balaban J connectivity index is 3.11. The van der Waals surface area contributed by atoms with E-state index in [9.17, 15) is 18.4 Å². The van der Waals surface area contributed by atoms with Gasteiger partial charge in [0, 0.05) is 6.42 Å². The monoisotopic (exact) mass is 284 g/mol. The Morgan fingerprint density at radius 2 is 1.85 bits per heavy atom. The van der Waals surface area contributed by atoms with Gasteiger partial charge in [-0.25, -0.2) is 9.59 Å². The van der Waals surface area contributed by atoms with Crippen LogP contribution in [0.5, 0.6) is 0 Å². The third-order valence-electron chi connectivity index (χ3n) is 2.54. The minimum atomic E-state index is -2.12. The zero-order valence-electron chi connectivity index (χ0n) is 11.1. The van der Waals surface area contributed by atoms with E-state index in [0.717, 1.165) is 0 Å². The molecule has 0 aliphatic carbocycles. The second-order valence-corrected chi connectivity index (χ2v) is 3.78. The molecule has 20 heavy (non-hydrogen) atoms. The minimum absolute atomic E-state index is 0.00569. The molecule has 0 radical (unpaired) electrons. The van der Waals surface area contributed by atoms with E-state index in [1.807, 2.05) is 0 Å². The van der Waals surface area contributed by atoms with Gasteiger partial charge in [0.05, 0.1) is 19.3 Å². The van der Waals surface area contributed by atoms with Crippen LogP contribution in [-0.2, 0) is 20.7 Å². The Morgan fingerprint density at radius 3 is 2.40 bits per heavy atom. The highest BCUT2D eigenvalue weighted by molar-refractivity contribution is 5.93. The molecule has 1 rings (SSSR count). The lowest BCUT2D eigenvalue weighted by Crippen LogP contribution is -2.13. The molecule has 1 aromatic rings. The largest absolute Gasteiger partial charge is 0.465 e. The van der Waals surface area contributed by atoms with Crippen LogP contribution >= 0.6 is 0 Å². The van der Waals surface area contributed by atoms with Gasteiger partial charge >= 0.3 is 11.9 Å². The maximum Gasteiger partial charge on any atom is 0.339 e. The number of methoxy groups -OCH3 is 1. The van der Waals surface area contributed by atoms with Gasteiger partial charge in [0.15, 0.2) is 0 Å². The topological polar surface area (TPSA) is 52.6 Å². The summed E-state index contributed by atoms with van der Waals surface area (Å²) >= 11 is 0. The van der Waals surface area contributed by atoms with Crippen molar-refractivity contribution in [1.29, 1.82) is 0 Å². The average molecular weight is 284 g/mol. The van der Waals surface area contributed by atoms with E-state index in [2.05, 4.69) is 9.47 Å². The molecule has 0 saturated heterocycles. The first kappa shape index (κ1) is 15.8. The van der Waals surface area contributed by atoms with E-state index in [1.54, 1.807) is 12.1 Å². The minimum Gasteiger partial charge on any atom is -0.465 e. The molecule has 0 N–H and O–H groups in total. The summed E-state index contributed by atoms with van der Waals surface area (Å²) in [7, 11) is 1.19. The number of esters is 2. The number of ether oxygens (including phenoxy) is 2. The van der Waals surface area contributed by atoms with Crippen LogP contribution in [0.3, 0.4) is 0 Å². The van der Waals surface area contributed by atoms with Gasteiger partial charge in [0.25, 0.3) is 6.08 Å². The van der Waals surface area contributed by atoms with Crippen LogP contribution in [0.15, 0.2) is 35.9 Å². The van der Waals surface area contributed by atoms with E-state index in [1.165, 1.54) is 26.2 Å². The molecule has 108 valence electrons. The van der Waals surface area contributed by atoms with Crippen molar-refractivity contribution in [2.75, 3.05) is 13.7 Å². The SMILES string of the molecule is CCOC(=O)C(Cc1ccccc1C(=O)OC)=C(F)F. The van der Waals surface area contributed by atoms with Crippen LogP contribution in [0.2, 0.25) is 0 Å². The summed E-state index contributed by atoms with van der Waals surface area (Å²) in [6.45, 7) is 1.52. The summed E-state index contributed by atoms with van der Waals surface area (Å²) in [5.41, 5.74) is -0.351. The number of rotatable bonds is 5. The first-order chi connectivity index (χ1) is 9.51. The van der Waals surface area contributed by atoms with Crippen LogP contribution in [0.1, 0.15) is 22.8 Å². The fraction of sp³-hybridized carbons (Fsp3) is 0.286. The number of hydrogen-bond acceptors (Lipinski definition) is 4. The Hall–Kier alpha value is -2.24. The number of carbonyl (C=O) groups excluding carboxylic acids is 2. The summed E-state index contributed by atoms with van der Waals surface area (Å²) in [5, 5.41) is 0. The summed E-state index contributed by atoms with van der Waals surface area (Å²) < 4.78 is 34.8. The Bertz CT molecular complexity index is 534. The van der Waals surface area contributed by atoms with E-state index in [4.69, 9.17) is 0 Å². The zero-order chi connectivity index (χ0) is 15.1. The van der Waals surface area contributed by atoms with Crippen LogP contribution in [-0.4, -0.2) is 25.7 Å². The fourth-order valence-electron chi connectivity index (χ4n) is 1.61. The maximum absolute atomic E-state index is 12.8. The quantitative estimate of drug-likeness (QED) is 0.616. The van der Waals surface area contributed by atoms with Crippen LogP contribution in [0.25, 0.3) is 0 Å². The molecule has 0 heterocycles. The normalized spacial score (nSPS) is 9.80. The molecular formula is C14H14F2O4. The summed E-state index contributed by atoms with van der Waals surface area (Å²) in [4.78, 5) is 23.0. The predicted molar refractivity (Wildman–Crippen MR) is 67.4 cm³/mol. The van der Waals surface area contributed by atoms with Crippen molar-refractivity contribution in [1.82, 2.24) is 0 Å². The lowest BCUT2D eigenvalue weighted by Gasteiger charge is -2.09. The van der Waals surface area contributed by atoms with Crippen molar-refractivity contribution in [3.05, 3.63) is 47.0 Å². The molecule has 0 spiro atoms. The van der Waals surface area contributed by atoms with Gasteiger partial charge in [-0.15, -0.1) is 0 Å². The van der Waals surface area contributed by atoms with Crippen molar-refractivity contribution < 1.29 is 27.8 Å². The van der Waals surface area contributed by atoms with Crippen molar-refractivity contribution in [3.63, 3.8) is 0 Å². The first-order valence-electron chi connectivity index (χ1n) is 5.88. The molecule has 0 aromatic heterocycles. The molecule has 0 atom stereocenters. The lowest BCUT2D eigenvalue weighted by molar-refractivity contribution is -0.138. The molecule has 0 aliphatic rings. The zero-order valence-corrected chi connectivity index (χ0v) is 11.1. The summed E-state index contributed by atoms with van der Waals surface area (Å²) in [6, 6.07) is 6.09. The fourth-order valence-corrected chi connectivity index (χ4v) is 1.61. The number of benzene rings is 1. The van der Waals surface area contributed by atoms with Gasteiger partial charge in [0.2, 0.25) is 0 Å². The first-order valence-corrected chi connectivity index (χ1v) is 5.88. The molecule has 4 nitrogen and oxygen atoms in total. The average Bonchev–Trinajstić information content (AvgIpc) is 2.44. The molecule has 0 fully saturated rings. The summed E-state index contributed by atoms with van der Waals surface area (Å²) in [5.74, 6) is -1.74. The van der Waals surface area contributed by atoms with Crippen molar-refractivity contribution in [2.45, 2.75) is 13.3 Å². The lowest BCUT2D eigenvalue weighted by atomic mass is 10.0. The highest BCUT2D eigenvalue weighted by Gasteiger charge is 2.21. The summed E-state index contributed by atoms with van der Waals surface area (Å²) in [6.07, 6.45) is -2.52. The third kappa shape index (κ3) is 3.88. The predicted octanol–water partition coefficient (Wildman–Crippen LogP) is 2.73. The molecule has 0 amide bonds. The van der Waals surface area contributed by atoms with Gasteiger partial charge in [-0.3, -0.25) is 0 Å². The van der Waals surface area contributed by atoms with Crippen molar-refractivity contribution >= 4 is 11.9 Å². The third-order valence-corrected chi connectivity index (χ3v) is 2.54. The van der Waals surface area contributed by atoms with Gasteiger partial charge in [-0.05, 0) is 18.6 Å². The number of carbonyl (C=O) groups is 2. The van der Waals surface area contributed by atoms with Crippen LogP contribution in [0, 0.1) is 0 Å². The van der Waals surface area contributed by atoms with Crippen LogP contribution in [0.4, 0.5) is 8.78 Å². The van der Waals surface area contributed by atoms with Crippen LogP contribution < -0.4 is 0 Å². The molecule has 0 aliphatic heterocycles. The smallest absolute Gasteiger partial charge is 0.339 e. The Morgan fingerprint density at radius 1 is 1.20 bits per heavy atom.